The van der Waals surface area contributed by atoms with Crippen molar-refractivity contribution in [2.24, 2.45) is 5.92 Å². The number of amides is 2. The van der Waals surface area contributed by atoms with E-state index in [0.717, 1.165) is 0 Å². The normalized spacial score (nSPS) is 11.6. The number of hydrogen-bond acceptors (Lipinski definition) is 9. The first kappa shape index (κ1) is 26.2. The topological polar surface area (TPSA) is 149 Å². The van der Waals surface area contributed by atoms with Gasteiger partial charge in [-0.2, -0.15) is 9.97 Å². The number of aromatic nitrogens is 4. The van der Waals surface area contributed by atoms with Crippen LogP contribution in [0.5, 0.6) is 5.88 Å². The van der Waals surface area contributed by atoms with Crippen molar-refractivity contribution in [2.75, 3.05) is 23.4 Å². The second kappa shape index (κ2) is 11.9. The number of carbonyl (C=O) groups excluding carboxylic acids is 3. The van der Waals surface area contributed by atoms with Gasteiger partial charge >= 0.3 is 12.1 Å². The molecular weight excluding hydrogens is 492 g/mol. The van der Waals surface area contributed by atoms with E-state index in [1.807, 2.05) is 12.1 Å². The van der Waals surface area contributed by atoms with E-state index in [4.69, 9.17) is 9.47 Å². The molecule has 196 valence electrons. The molecule has 2 heterocycles. The van der Waals surface area contributed by atoms with Gasteiger partial charge in [0.05, 0.1) is 36.8 Å². The Bertz CT molecular complexity index is 1390. The van der Waals surface area contributed by atoms with Crippen LogP contribution >= 0.6 is 0 Å². The molecule has 12 heteroatoms. The minimum absolute atomic E-state index is 0.0180. The van der Waals surface area contributed by atoms with Gasteiger partial charge in [0.15, 0.2) is 11.2 Å². The summed E-state index contributed by atoms with van der Waals surface area (Å²) < 4.78 is 12.2. The first-order valence-electron chi connectivity index (χ1n) is 11.8. The minimum Gasteiger partial charge on any atom is -0.466 e. The molecule has 0 bridgehead atoms. The van der Waals surface area contributed by atoms with Crippen LogP contribution < -0.4 is 15.0 Å². The van der Waals surface area contributed by atoms with Gasteiger partial charge in [-0.3, -0.25) is 14.9 Å². The highest BCUT2D eigenvalue weighted by Gasteiger charge is 2.26. The lowest BCUT2D eigenvalue weighted by atomic mass is 10.1. The summed E-state index contributed by atoms with van der Waals surface area (Å²) in [7, 11) is 0. The quantitative estimate of drug-likeness (QED) is 0.318. The number of hydrogen-bond donors (Lipinski definition) is 2. The molecule has 0 aliphatic carbocycles. The van der Waals surface area contributed by atoms with E-state index in [9.17, 15) is 19.5 Å². The van der Waals surface area contributed by atoms with E-state index in [2.05, 4.69) is 20.3 Å². The third-order valence-corrected chi connectivity index (χ3v) is 5.37. The molecule has 0 spiro atoms. The van der Waals surface area contributed by atoms with E-state index in [-0.39, 0.29) is 36.1 Å². The van der Waals surface area contributed by atoms with Crippen molar-refractivity contribution < 1.29 is 29.0 Å². The fourth-order valence-electron chi connectivity index (χ4n) is 3.68. The van der Waals surface area contributed by atoms with Gasteiger partial charge in [0, 0.05) is 13.5 Å². The second-order valence-electron chi connectivity index (χ2n) is 8.11. The summed E-state index contributed by atoms with van der Waals surface area (Å²) >= 11 is 0. The van der Waals surface area contributed by atoms with Gasteiger partial charge in [-0.1, -0.05) is 36.4 Å². The Morgan fingerprint density at radius 2 is 1.66 bits per heavy atom. The molecule has 0 fully saturated rings. The minimum atomic E-state index is -0.885. The molecule has 4 aromatic rings. The molecule has 1 atom stereocenters. The summed E-state index contributed by atoms with van der Waals surface area (Å²) in [6.07, 6.45) is 0.605. The zero-order chi connectivity index (χ0) is 27.1. The van der Waals surface area contributed by atoms with E-state index in [1.54, 1.807) is 55.5 Å². The number of imidazole rings is 1. The highest BCUT2D eigenvalue weighted by Crippen LogP contribution is 2.29. The number of fused-ring (bicyclic) bond motifs is 1. The van der Waals surface area contributed by atoms with Crippen LogP contribution in [0.3, 0.4) is 0 Å². The van der Waals surface area contributed by atoms with E-state index in [0.29, 0.717) is 11.4 Å². The van der Waals surface area contributed by atoms with Crippen LogP contribution in [0.15, 0.2) is 67.0 Å². The molecule has 2 aromatic carbocycles. The number of nitrogens with zero attached hydrogens (tertiary/aromatic N) is 5. The Morgan fingerprint density at radius 3 is 2.21 bits per heavy atom. The lowest BCUT2D eigenvalue weighted by Gasteiger charge is -2.22. The number of esters is 1. The number of anilines is 3. The van der Waals surface area contributed by atoms with E-state index < -0.39 is 30.5 Å². The number of aliphatic hydroxyl groups excluding tert-OH is 1. The average molecular weight is 519 g/mol. The average Bonchev–Trinajstić information content (AvgIpc) is 3.31. The maximum absolute atomic E-state index is 13.5. The van der Waals surface area contributed by atoms with Crippen LogP contribution in [0.25, 0.3) is 11.2 Å². The van der Waals surface area contributed by atoms with Crippen LogP contribution in [0.4, 0.5) is 22.1 Å². The third-order valence-electron chi connectivity index (χ3n) is 5.37. The number of benzene rings is 2. The van der Waals surface area contributed by atoms with Crippen LogP contribution in [0.1, 0.15) is 13.8 Å². The number of para-hydroxylation sites is 2. The molecule has 2 amide bonds. The largest absolute Gasteiger partial charge is 0.466 e. The molecule has 0 aliphatic heterocycles. The lowest BCUT2D eigenvalue weighted by Crippen LogP contribution is -2.29. The smallest absolute Gasteiger partial charge is 0.425 e. The van der Waals surface area contributed by atoms with Crippen molar-refractivity contribution in [3.8, 4) is 5.88 Å². The third kappa shape index (κ3) is 5.93. The monoisotopic (exact) mass is 518 g/mol. The first-order chi connectivity index (χ1) is 18.4. The summed E-state index contributed by atoms with van der Waals surface area (Å²) in [5, 5.41) is 12.2. The van der Waals surface area contributed by atoms with Crippen molar-refractivity contribution in [3.05, 3.63) is 67.0 Å². The molecule has 4 rings (SSSR count). The van der Waals surface area contributed by atoms with Crippen LogP contribution in [0.2, 0.25) is 0 Å². The van der Waals surface area contributed by atoms with Crippen molar-refractivity contribution >= 4 is 46.5 Å². The zero-order valence-corrected chi connectivity index (χ0v) is 20.8. The van der Waals surface area contributed by atoms with Gasteiger partial charge in [0.2, 0.25) is 11.9 Å². The van der Waals surface area contributed by atoms with Crippen LogP contribution in [-0.2, 0) is 20.9 Å². The number of nitrogens with one attached hydrogen (secondary N) is 1. The molecule has 2 aromatic heterocycles. The van der Waals surface area contributed by atoms with Gasteiger partial charge in [-0.25, -0.2) is 14.7 Å². The van der Waals surface area contributed by atoms with Crippen molar-refractivity contribution in [2.45, 2.75) is 20.4 Å². The SMILES string of the molecule is CCOC(=O)C(CO)Cn1cnc2c(OC(=O)N(c3ccccc3)c3ccccc3)nc(NC(C)=O)nc21. The fraction of sp³-hybridized carbons (Fsp3) is 0.231. The molecule has 2 N–H and O–H groups in total. The van der Waals surface area contributed by atoms with Gasteiger partial charge in [-0.15, -0.1) is 0 Å². The molecule has 0 saturated heterocycles. The number of aliphatic hydroxyl groups is 1. The summed E-state index contributed by atoms with van der Waals surface area (Å²) in [6.45, 7) is 2.63. The Hall–Kier alpha value is -4.84. The van der Waals surface area contributed by atoms with Crippen molar-refractivity contribution in [1.29, 1.82) is 0 Å². The maximum Gasteiger partial charge on any atom is 0.425 e. The van der Waals surface area contributed by atoms with Gasteiger partial charge in [0.1, 0.15) is 0 Å². The summed E-state index contributed by atoms with van der Waals surface area (Å²) in [5.41, 5.74) is 1.41. The highest BCUT2D eigenvalue weighted by molar-refractivity contribution is 5.98. The van der Waals surface area contributed by atoms with Gasteiger partial charge < -0.3 is 19.1 Å². The number of carbonyl (C=O) groups is 3. The van der Waals surface area contributed by atoms with E-state index >= 15 is 0 Å². The Morgan fingerprint density at radius 1 is 1.03 bits per heavy atom. The zero-order valence-electron chi connectivity index (χ0n) is 20.8. The predicted molar refractivity (Wildman–Crippen MR) is 138 cm³/mol. The first-order valence-corrected chi connectivity index (χ1v) is 11.8. The lowest BCUT2D eigenvalue weighted by molar-refractivity contribution is -0.149. The standard InChI is InChI=1S/C26H26N6O6/c1-3-37-24(35)18(15-33)14-31-16-27-21-22(31)29-25(28-17(2)34)30-23(21)38-26(36)32(19-10-6-4-7-11-19)20-12-8-5-9-13-20/h4-13,16,18,33H,3,14-15H2,1-2H3,(H,28,29,30,34). The Labute approximate surface area is 217 Å². The highest BCUT2D eigenvalue weighted by atomic mass is 16.6. The number of rotatable bonds is 9. The summed E-state index contributed by atoms with van der Waals surface area (Å²) in [4.78, 5) is 51.6. The molecule has 1 unspecified atom stereocenters. The molecule has 12 nitrogen and oxygen atoms in total. The molecule has 38 heavy (non-hydrogen) atoms. The molecule has 0 radical (unpaired) electrons. The number of ether oxygens (including phenoxy) is 2. The van der Waals surface area contributed by atoms with Crippen LogP contribution in [-0.4, -0.2) is 55.8 Å². The van der Waals surface area contributed by atoms with Gasteiger partial charge in [-0.05, 0) is 31.2 Å². The van der Waals surface area contributed by atoms with Crippen LogP contribution in [0, 0.1) is 5.92 Å². The van der Waals surface area contributed by atoms with Crippen molar-refractivity contribution in [3.63, 3.8) is 0 Å². The molecule has 0 saturated carbocycles. The molecular formula is C26H26N6O6. The Kier molecular flexibility index (Phi) is 8.23. The van der Waals surface area contributed by atoms with Crippen molar-refractivity contribution in [1.82, 2.24) is 19.5 Å². The summed E-state index contributed by atoms with van der Waals surface area (Å²) in [5.74, 6) is -2.24. The predicted octanol–water partition coefficient (Wildman–Crippen LogP) is 3.29. The van der Waals surface area contributed by atoms with E-state index in [1.165, 1.54) is 22.7 Å². The molecule has 0 aliphatic rings. The maximum atomic E-state index is 13.5. The van der Waals surface area contributed by atoms with Gasteiger partial charge in [0.25, 0.3) is 5.88 Å². The fourth-order valence-corrected chi connectivity index (χ4v) is 3.68. The summed E-state index contributed by atoms with van der Waals surface area (Å²) in [6, 6.07) is 17.8. The Balaban J connectivity index is 1.74. The second-order valence-corrected chi connectivity index (χ2v) is 8.11.